The Bertz CT molecular complexity index is 762. The molecule has 0 aromatic heterocycles. The van der Waals surface area contributed by atoms with Crippen molar-refractivity contribution in [2.24, 2.45) is 51.5 Å². The average molecular weight is 442 g/mol. The molecule has 0 aromatic carbocycles. The van der Waals surface area contributed by atoms with Gasteiger partial charge in [-0.1, -0.05) is 38.5 Å². The van der Waals surface area contributed by atoms with E-state index in [9.17, 15) is 4.79 Å². The van der Waals surface area contributed by atoms with Gasteiger partial charge in [0.1, 0.15) is 6.61 Å². The van der Waals surface area contributed by atoms with Crippen molar-refractivity contribution in [2.45, 2.75) is 97.4 Å². The minimum absolute atomic E-state index is 0.0808. The van der Waals surface area contributed by atoms with Crippen LogP contribution in [-0.2, 0) is 9.53 Å². The molecule has 4 saturated carbocycles. The SMILES string of the molecule is C=CCOC(=O)CC[C@@H](C)C1CC[C@H]2[C@@H]3CC[C@@H]4C[C@H](N=[N+]=[N-])CC[C@]4(C)[C@H]3CC[C@]12C. The molecule has 0 bridgehead atoms. The van der Waals surface area contributed by atoms with Gasteiger partial charge in [0.2, 0.25) is 0 Å². The Morgan fingerprint density at radius 2 is 1.91 bits per heavy atom. The number of carbonyl (C=O) groups is 1. The largest absolute Gasteiger partial charge is 0.461 e. The van der Waals surface area contributed by atoms with Gasteiger partial charge in [-0.2, -0.15) is 0 Å². The molecule has 4 aliphatic rings. The molecule has 0 amide bonds. The van der Waals surface area contributed by atoms with Crippen LogP contribution in [0, 0.1) is 46.3 Å². The summed E-state index contributed by atoms with van der Waals surface area (Å²) in [5, 5.41) is 4.09. The third-order valence-corrected chi connectivity index (χ3v) is 10.8. The van der Waals surface area contributed by atoms with Crippen molar-refractivity contribution >= 4 is 5.97 Å². The van der Waals surface area contributed by atoms with E-state index in [2.05, 4.69) is 37.4 Å². The molecule has 4 rings (SSSR count). The summed E-state index contributed by atoms with van der Waals surface area (Å²) in [6.07, 6.45) is 14.6. The number of hydrogen-bond acceptors (Lipinski definition) is 3. The first-order chi connectivity index (χ1) is 15.3. The number of fused-ring (bicyclic) bond motifs is 5. The fraction of sp³-hybridized carbons (Fsp3) is 0.889. The van der Waals surface area contributed by atoms with Gasteiger partial charge < -0.3 is 4.74 Å². The molecule has 0 saturated heterocycles. The first-order valence-electron chi connectivity index (χ1n) is 13.1. The Hall–Kier alpha value is -1.48. The number of carbonyl (C=O) groups excluding carboxylic acids is 1. The lowest BCUT2D eigenvalue weighted by Gasteiger charge is -2.61. The number of esters is 1. The number of azide groups is 1. The number of hydrogen-bond donors (Lipinski definition) is 0. The van der Waals surface area contributed by atoms with E-state index in [1.165, 1.54) is 44.9 Å². The third kappa shape index (κ3) is 4.11. The lowest BCUT2D eigenvalue weighted by atomic mass is 9.44. The quantitative estimate of drug-likeness (QED) is 0.135. The second kappa shape index (κ2) is 9.41. The molecule has 0 aromatic rings. The van der Waals surface area contributed by atoms with Crippen molar-refractivity contribution < 1.29 is 9.53 Å². The Labute approximate surface area is 194 Å². The monoisotopic (exact) mass is 441 g/mol. The van der Waals surface area contributed by atoms with Gasteiger partial charge in [0, 0.05) is 17.4 Å². The summed E-state index contributed by atoms with van der Waals surface area (Å²) < 4.78 is 5.21. The molecule has 4 fully saturated rings. The summed E-state index contributed by atoms with van der Waals surface area (Å²) in [6.45, 7) is 11.5. The van der Waals surface area contributed by atoms with Gasteiger partial charge in [0.25, 0.3) is 0 Å². The van der Waals surface area contributed by atoms with E-state index >= 15 is 0 Å². The van der Waals surface area contributed by atoms with Crippen LogP contribution >= 0.6 is 0 Å². The van der Waals surface area contributed by atoms with Gasteiger partial charge in [0.15, 0.2) is 0 Å². The van der Waals surface area contributed by atoms with Gasteiger partial charge in [-0.15, -0.1) is 0 Å². The highest BCUT2D eigenvalue weighted by atomic mass is 16.5. The predicted octanol–water partition coefficient (Wildman–Crippen LogP) is 7.47. The lowest BCUT2D eigenvalue weighted by Crippen LogP contribution is -2.54. The van der Waals surface area contributed by atoms with Crippen LogP contribution in [0.25, 0.3) is 10.4 Å². The lowest BCUT2D eigenvalue weighted by molar-refractivity contribution is -0.143. The molecule has 0 N–H and O–H groups in total. The Kier molecular flexibility index (Phi) is 6.96. The first-order valence-corrected chi connectivity index (χ1v) is 13.1. The molecule has 5 nitrogen and oxygen atoms in total. The van der Waals surface area contributed by atoms with Crippen LogP contribution in [0.4, 0.5) is 0 Å². The Morgan fingerprint density at radius 3 is 2.66 bits per heavy atom. The van der Waals surface area contributed by atoms with Crippen molar-refractivity contribution in [2.75, 3.05) is 6.61 Å². The van der Waals surface area contributed by atoms with Crippen LogP contribution in [0.1, 0.15) is 91.4 Å². The molecule has 9 atom stereocenters. The van der Waals surface area contributed by atoms with Crippen molar-refractivity contribution in [1.82, 2.24) is 0 Å². The average Bonchev–Trinajstić information content (AvgIpc) is 3.13. The van der Waals surface area contributed by atoms with Crippen LogP contribution in [0.5, 0.6) is 0 Å². The fourth-order valence-electron chi connectivity index (χ4n) is 9.16. The van der Waals surface area contributed by atoms with Crippen LogP contribution < -0.4 is 0 Å². The van der Waals surface area contributed by atoms with Crippen molar-refractivity contribution in [3.8, 4) is 0 Å². The van der Waals surface area contributed by atoms with Crippen molar-refractivity contribution in [3.05, 3.63) is 23.1 Å². The van der Waals surface area contributed by atoms with Gasteiger partial charge in [-0.3, -0.25) is 4.79 Å². The second-order valence-corrected chi connectivity index (χ2v) is 12.0. The van der Waals surface area contributed by atoms with Crippen molar-refractivity contribution in [1.29, 1.82) is 0 Å². The molecule has 32 heavy (non-hydrogen) atoms. The smallest absolute Gasteiger partial charge is 0.306 e. The van der Waals surface area contributed by atoms with Crippen LogP contribution in [0.15, 0.2) is 17.8 Å². The summed E-state index contributed by atoms with van der Waals surface area (Å²) in [5.74, 6) is 4.50. The zero-order valence-corrected chi connectivity index (χ0v) is 20.5. The molecule has 0 radical (unpaired) electrons. The van der Waals surface area contributed by atoms with Gasteiger partial charge in [0.05, 0.1) is 0 Å². The predicted molar refractivity (Wildman–Crippen MR) is 128 cm³/mol. The van der Waals surface area contributed by atoms with Crippen LogP contribution in [0.3, 0.4) is 0 Å². The number of rotatable bonds is 7. The van der Waals surface area contributed by atoms with Crippen molar-refractivity contribution in [3.63, 3.8) is 0 Å². The summed E-state index contributed by atoms with van der Waals surface area (Å²) in [5.41, 5.74) is 9.76. The zero-order chi connectivity index (χ0) is 22.9. The normalized spacial score (nSPS) is 43.7. The molecule has 5 heteroatoms. The minimum Gasteiger partial charge on any atom is -0.461 e. The summed E-state index contributed by atoms with van der Waals surface area (Å²) in [6, 6.07) is 0.221. The van der Waals surface area contributed by atoms with E-state index in [0.29, 0.717) is 29.8 Å². The van der Waals surface area contributed by atoms with E-state index in [1.54, 1.807) is 6.08 Å². The van der Waals surface area contributed by atoms with E-state index < -0.39 is 0 Å². The maximum Gasteiger partial charge on any atom is 0.306 e. The maximum atomic E-state index is 12.0. The standard InChI is InChI=1S/C27H43N3O2/c1-5-16-32-25(31)11-6-18(2)22-9-10-23-21-8-7-19-17-20(29-30-28)12-14-26(19,3)24(21)13-15-27(22,23)4/h5,18-24H,1,6-17H2,2-4H3/t18-,19-,20-,21+,22?,23+,24+,26+,27-/m1/s1. The molecule has 1 unspecified atom stereocenters. The number of ether oxygens (including phenoxy) is 1. The topological polar surface area (TPSA) is 75.1 Å². The van der Waals surface area contributed by atoms with E-state index in [-0.39, 0.29) is 12.0 Å². The Balaban J connectivity index is 1.42. The molecule has 4 aliphatic carbocycles. The van der Waals surface area contributed by atoms with E-state index in [4.69, 9.17) is 10.3 Å². The molecule has 0 spiro atoms. The van der Waals surface area contributed by atoms with Gasteiger partial charge in [-0.05, 0) is 116 Å². The first kappa shape index (κ1) is 23.7. The van der Waals surface area contributed by atoms with Crippen LogP contribution in [0.2, 0.25) is 0 Å². The molecule has 0 aliphatic heterocycles. The molecular formula is C27H43N3O2. The molecule has 178 valence electrons. The number of nitrogens with zero attached hydrogens (tertiary/aromatic N) is 3. The highest BCUT2D eigenvalue weighted by Gasteiger charge is 2.60. The minimum atomic E-state index is -0.0808. The second-order valence-electron chi connectivity index (χ2n) is 12.0. The summed E-state index contributed by atoms with van der Waals surface area (Å²) in [7, 11) is 0. The molecule has 0 heterocycles. The van der Waals surface area contributed by atoms with Crippen LogP contribution in [-0.4, -0.2) is 18.6 Å². The highest BCUT2D eigenvalue weighted by Crippen LogP contribution is 2.68. The van der Waals surface area contributed by atoms with E-state index in [1.807, 2.05) is 0 Å². The Morgan fingerprint density at radius 1 is 1.16 bits per heavy atom. The van der Waals surface area contributed by atoms with Gasteiger partial charge >= 0.3 is 5.97 Å². The fourth-order valence-corrected chi connectivity index (χ4v) is 9.16. The summed E-state index contributed by atoms with van der Waals surface area (Å²) >= 11 is 0. The third-order valence-electron chi connectivity index (χ3n) is 10.8. The zero-order valence-electron chi connectivity index (χ0n) is 20.5. The molecular weight excluding hydrogens is 398 g/mol. The van der Waals surface area contributed by atoms with E-state index in [0.717, 1.165) is 48.9 Å². The summed E-state index contributed by atoms with van der Waals surface area (Å²) in [4.78, 5) is 15.1. The van der Waals surface area contributed by atoms with Gasteiger partial charge in [-0.25, -0.2) is 0 Å². The maximum absolute atomic E-state index is 12.0. The highest BCUT2D eigenvalue weighted by molar-refractivity contribution is 5.69.